The number of likely N-dealkylation sites (N-methyl/N-ethyl adjacent to an activating group) is 1. The maximum atomic E-state index is 13.4. The molecule has 146 valence electrons. The smallest absolute Gasteiger partial charge is 0.164 e. The number of rotatable bonds is 3. The Hall–Kier alpha value is -2.09. The van der Waals surface area contributed by atoms with Crippen LogP contribution in [0.2, 0.25) is 0 Å². The first-order chi connectivity index (χ1) is 13.6. The maximum Gasteiger partial charge on any atom is 0.164 e. The van der Waals surface area contributed by atoms with Crippen LogP contribution in [0.15, 0.2) is 41.1 Å². The van der Waals surface area contributed by atoms with Crippen LogP contribution in [0.3, 0.4) is 0 Å². The molecule has 0 radical (unpaired) electrons. The molecule has 4 heterocycles. The van der Waals surface area contributed by atoms with Gasteiger partial charge in [-0.25, -0.2) is 4.39 Å². The first kappa shape index (κ1) is 18.0. The number of aromatic nitrogens is 3. The normalized spacial score (nSPS) is 19.8. The van der Waals surface area contributed by atoms with Crippen molar-refractivity contribution in [3.63, 3.8) is 0 Å². The molecule has 7 heteroatoms. The van der Waals surface area contributed by atoms with Gasteiger partial charge in [0.15, 0.2) is 5.82 Å². The lowest BCUT2D eigenvalue weighted by Gasteiger charge is -2.48. The van der Waals surface area contributed by atoms with Crippen LogP contribution >= 0.6 is 11.3 Å². The van der Waals surface area contributed by atoms with E-state index in [4.69, 9.17) is 0 Å². The van der Waals surface area contributed by atoms with Crippen molar-refractivity contribution in [1.29, 1.82) is 0 Å². The van der Waals surface area contributed by atoms with E-state index in [9.17, 15) is 4.39 Å². The average molecular weight is 398 g/mol. The zero-order valence-electron chi connectivity index (χ0n) is 16.0. The number of piperidine rings is 1. The highest BCUT2D eigenvalue weighted by atomic mass is 32.1. The summed E-state index contributed by atoms with van der Waals surface area (Å²) in [6, 6.07) is 8.84. The van der Waals surface area contributed by atoms with Crippen LogP contribution < -0.4 is 0 Å². The summed E-state index contributed by atoms with van der Waals surface area (Å²) < 4.78 is 15.8. The highest BCUT2D eigenvalue weighted by Gasteiger charge is 2.43. The van der Waals surface area contributed by atoms with Crippen molar-refractivity contribution in [1.82, 2.24) is 24.6 Å². The van der Waals surface area contributed by atoms with Gasteiger partial charge in [-0.3, -0.25) is 9.80 Å². The fourth-order valence-corrected chi connectivity index (χ4v) is 5.38. The standard InChI is InChI=1S/C21H24FN5S/c1-25-13-19-23-24-20(17-2-4-18(22)5-3-17)27(19)21(15-25)7-9-26(10-8-21)12-16-6-11-28-14-16/h2-6,11,14H,7-10,12-13,15H2,1H3. The first-order valence-electron chi connectivity index (χ1n) is 9.76. The molecule has 28 heavy (non-hydrogen) atoms. The molecular weight excluding hydrogens is 373 g/mol. The molecule has 1 spiro atoms. The molecule has 0 aliphatic carbocycles. The fraction of sp³-hybridized carbons (Fsp3) is 0.429. The van der Waals surface area contributed by atoms with Crippen LogP contribution in [-0.2, 0) is 18.6 Å². The van der Waals surface area contributed by atoms with Gasteiger partial charge in [-0.05, 0) is 66.5 Å². The number of thiophene rings is 1. The summed E-state index contributed by atoms with van der Waals surface area (Å²) in [5.74, 6) is 1.66. The summed E-state index contributed by atoms with van der Waals surface area (Å²) in [5.41, 5.74) is 2.34. The maximum absolute atomic E-state index is 13.4. The van der Waals surface area contributed by atoms with Gasteiger partial charge in [0.25, 0.3) is 0 Å². The third-order valence-electron chi connectivity index (χ3n) is 6.06. The van der Waals surface area contributed by atoms with Gasteiger partial charge in [-0.2, -0.15) is 11.3 Å². The van der Waals surface area contributed by atoms with Crippen LogP contribution in [0.5, 0.6) is 0 Å². The summed E-state index contributed by atoms with van der Waals surface area (Å²) in [6.07, 6.45) is 2.14. The van der Waals surface area contributed by atoms with Crippen molar-refractivity contribution in [2.45, 2.75) is 31.5 Å². The lowest BCUT2D eigenvalue weighted by Crippen LogP contribution is -2.55. The second kappa shape index (κ2) is 7.06. The number of likely N-dealkylation sites (tertiary alicyclic amines) is 1. The Morgan fingerprint density at radius 2 is 1.89 bits per heavy atom. The van der Waals surface area contributed by atoms with Crippen molar-refractivity contribution in [3.8, 4) is 11.4 Å². The number of fused-ring (bicyclic) bond motifs is 2. The quantitative estimate of drug-likeness (QED) is 0.677. The molecule has 1 saturated heterocycles. The Bertz CT molecular complexity index is 942. The molecule has 2 aliphatic rings. The number of hydrogen-bond donors (Lipinski definition) is 0. The summed E-state index contributed by atoms with van der Waals surface area (Å²) in [6.45, 7) is 4.94. The van der Waals surface area contributed by atoms with Crippen LogP contribution in [-0.4, -0.2) is 51.2 Å². The molecule has 0 atom stereocenters. The van der Waals surface area contributed by atoms with Gasteiger partial charge in [-0.1, -0.05) is 0 Å². The van der Waals surface area contributed by atoms with Crippen molar-refractivity contribution in [2.24, 2.45) is 0 Å². The minimum atomic E-state index is -0.224. The Morgan fingerprint density at radius 1 is 1.11 bits per heavy atom. The average Bonchev–Trinajstić information content (AvgIpc) is 3.34. The van der Waals surface area contributed by atoms with Gasteiger partial charge in [-0.15, -0.1) is 10.2 Å². The largest absolute Gasteiger partial charge is 0.302 e. The van der Waals surface area contributed by atoms with E-state index in [0.29, 0.717) is 0 Å². The van der Waals surface area contributed by atoms with Gasteiger partial charge in [0.1, 0.15) is 11.6 Å². The third kappa shape index (κ3) is 3.17. The Kier molecular flexibility index (Phi) is 4.53. The Balaban J connectivity index is 1.45. The lowest BCUT2D eigenvalue weighted by atomic mass is 9.84. The second-order valence-electron chi connectivity index (χ2n) is 8.09. The lowest BCUT2D eigenvalue weighted by molar-refractivity contribution is 0.0491. The van der Waals surface area contributed by atoms with Crippen LogP contribution in [0, 0.1) is 5.82 Å². The van der Waals surface area contributed by atoms with Gasteiger partial charge in [0, 0.05) is 31.7 Å². The SMILES string of the molecule is CN1Cc2nnc(-c3ccc(F)cc3)n2C2(CCN(Cc3ccsc3)CC2)C1. The molecule has 0 bridgehead atoms. The van der Waals surface area contributed by atoms with E-state index in [-0.39, 0.29) is 11.4 Å². The fourth-order valence-electron chi connectivity index (χ4n) is 4.72. The highest BCUT2D eigenvalue weighted by molar-refractivity contribution is 7.07. The monoisotopic (exact) mass is 397 g/mol. The highest BCUT2D eigenvalue weighted by Crippen LogP contribution is 2.39. The van der Waals surface area contributed by atoms with E-state index in [2.05, 4.69) is 48.4 Å². The minimum Gasteiger partial charge on any atom is -0.302 e. The number of hydrogen-bond acceptors (Lipinski definition) is 5. The Labute approximate surface area is 168 Å². The Morgan fingerprint density at radius 3 is 2.61 bits per heavy atom. The van der Waals surface area contributed by atoms with E-state index >= 15 is 0 Å². The zero-order chi connectivity index (χ0) is 19.1. The van der Waals surface area contributed by atoms with E-state index in [1.165, 1.54) is 17.7 Å². The predicted molar refractivity (Wildman–Crippen MR) is 109 cm³/mol. The van der Waals surface area contributed by atoms with Crippen molar-refractivity contribution in [3.05, 3.63) is 58.3 Å². The predicted octanol–water partition coefficient (Wildman–Crippen LogP) is 3.58. The second-order valence-corrected chi connectivity index (χ2v) is 8.87. The molecule has 1 fully saturated rings. The van der Waals surface area contributed by atoms with E-state index in [0.717, 1.165) is 62.8 Å². The number of nitrogens with zero attached hydrogens (tertiary/aromatic N) is 5. The van der Waals surface area contributed by atoms with Gasteiger partial charge in [0.05, 0.1) is 12.1 Å². The first-order valence-corrected chi connectivity index (χ1v) is 10.7. The molecule has 3 aromatic rings. The molecule has 1 aromatic carbocycles. The van der Waals surface area contributed by atoms with Gasteiger partial charge < -0.3 is 4.57 Å². The molecule has 0 amide bonds. The van der Waals surface area contributed by atoms with E-state index in [1.807, 2.05) is 12.1 Å². The van der Waals surface area contributed by atoms with Crippen molar-refractivity contribution < 1.29 is 4.39 Å². The summed E-state index contributed by atoms with van der Waals surface area (Å²) in [4.78, 5) is 4.90. The molecule has 0 saturated carbocycles. The molecule has 2 aromatic heterocycles. The summed E-state index contributed by atoms with van der Waals surface area (Å²) in [5, 5.41) is 13.4. The topological polar surface area (TPSA) is 37.2 Å². The molecule has 0 N–H and O–H groups in total. The zero-order valence-corrected chi connectivity index (χ0v) is 16.8. The number of benzene rings is 1. The number of halogens is 1. The van der Waals surface area contributed by atoms with Crippen LogP contribution in [0.25, 0.3) is 11.4 Å². The molecular formula is C21H24FN5S. The summed E-state index contributed by atoms with van der Waals surface area (Å²) in [7, 11) is 2.16. The van der Waals surface area contributed by atoms with Gasteiger partial charge in [0.2, 0.25) is 0 Å². The van der Waals surface area contributed by atoms with E-state index < -0.39 is 0 Å². The van der Waals surface area contributed by atoms with Crippen molar-refractivity contribution >= 4 is 11.3 Å². The molecule has 2 aliphatic heterocycles. The van der Waals surface area contributed by atoms with E-state index in [1.54, 1.807) is 11.3 Å². The summed E-state index contributed by atoms with van der Waals surface area (Å²) >= 11 is 1.76. The molecule has 5 rings (SSSR count). The third-order valence-corrected chi connectivity index (χ3v) is 6.79. The van der Waals surface area contributed by atoms with Crippen molar-refractivity contribution in [2.75, 3.05) is 26.7 Å². The van der Waals surface area contributed by atoms with Gasteiger partial charge >= 0.3 is 0 Å². The van der Waals surface area contributed by atoms with Crippen LogP contribution in [0.1, 0.15) is 24.2 Å². The molecule has 5 nitrogen and oxygen atoms in total. The van der Waals surface area contributed by atoms with Crippen LogP contribution in [0.4, 0.5) is 4.39 Å². The minimum absolute atomic E-state index is 0.000693. The molecule has 0 unspecified atom stereocenters.